The fourth-order valence-corrected chi connectivity index (χ4v) is 3.11. The lowest BCUT2D eigenvalue weighted by molar-refractivity contribution is -0.123. The molecule has 25 heavy (non-hydrogen) atoms. The van der Waals surface area contributed by atoms with Crippen LogP contribution in [0.4, 0.5) is 10.5 Å². The highest BCUT2D eigenvalue weighted by molar-refractivity contribution is 7.99. The third kappa shape index (κ3) is 4.96. The second kappa shape index (κ2) is 7.56. The van der Waals surface area contributed by atoms with Gasteiger partial charge in [-0.25, -0.2) is 9.59 Å². The van der Waals surface area contributed by atoms with Crippen molar-refractivity contribution >= 4 is 41.3 Å². The average Bonchev–Trinajstić information content (AvgIpc) is 3.38. The van der Waals surface area contributed by atoms with E-state index in [0.717, 1.165) is 17.7 Å². The lowest BCUT2D eigenvalue weighted by Gasteiger charge is -2.09. The second-order valence-electron chi connectivity index (χ2n) is 5.73. The summed E-state index contributed by atoms with van der Waals surface area (Å²) in [6.45, 7) is -0.560. The van der Waals surface area contributed by atoms with Crippen LogP contribution in [0.25, 0.3) is 0 Å². The van der Waals surface area contributed by atoms with Gasteiger partial charge in [0.05, 0.1) is 11.3 Å². The maximum Gasteiger partial charge on any atom is 0.338 e. The lowest BCUT2D eigenvalue weighted by atomic mass is 10.2. The molecule has 2 aliphatic rings. The molecule has 9 heteroatoms. The fraction of sp³-hybridized carbons (Fsp3) is 0.375. The standard InChI is InChI=1S/C16H17N3O5S/c20-13-5-6-25-12-4-1-9(7-11(12)18-13)15(22)24-8-14(21)19-16(23)17-10-2-3-10/h1,4,7,10H,2-3,5-6,8H2,(H,18,20)(H2,17,19,21,23). The molecule has 8 nitrogen and oxygen atoms in total. The first-order chi connectivity index (χ1) is 12.0. The van der Waals surface area contributed by atoms with Gasteiger partial charge in [0.15, 0.2) is 6.61 Å². The molecule has 0 bridgehead atoms. The molecule has 1 aliphatic heterocycles. The van der Waals surface area contributed by atoms with Crippen LogP contribution >= 0.6 is 11.8 Å². The van der Waals surface area contributed by atoms with E-state index in [1.165, 1.54) is 17.8 Å². The summed E-state index contributed by atoms with van der Waals surface area (Å²) in [5.74, 6) is -0.849. The summed E-state index contributed by atoms with van der Waals surface area (Å²) < 4.78 is 4.91. The average molecular weight is 363 g/mol. The van der Waals surface area contributed by atoms with Gasteiger partial charge in [-0.05, 0) is 31.0 Å². The van der Waals surface area contributed by atoms with Gasteiger partial charge in [-0.2, -0.15) is 0 Å². The van der Waals surface area contributed by atoms with Crippen molar-refractivity contribution in [1.29, 1.82) is 0 Å². The molecular formula is C16H17N3O5S. The number of thioether (sulfide) groups is 1. The number of ether oxygens (including phenoxy) is 1. The van der Waals surface area contributed by atoms with E-state index in [0.29, 0.717) is 17.9 Å². The van der Waals surface area contributed by atoms with Crippen molar-refractivity contribution < 1.29 is 23.9 Å². The molecule has 3 rings (SSSR count). The van der Waals surface area contributed by atoms with Crippen LogP contribution in [0.5, 0.6) is 0 Å². The summed E-state index contributed by atoms with van der Waals surface area (Å²) in [5, 5.41) is 7.42. The molecule has 0 unspecified atom stereocenters. The van der Waals surface area contributed by atoms with Gasteiger partial charge in [-0.3, -0.25) is 14.9 Å². The number of urea groups is 1. The van der Waals surface area contributed by atoms with Crippen molar-refractivity contribution in [1.82, 2.24) is 10.6 Å². The number of rotatable bonds is 4. The van der Waals surface area contributed by atoms with Gasteiger partial charge in [-0.15, -0.1) is 11.8 Å². The van der Waals surface area contributed by atoms with Crippen molar-refractivity contribution in [3.05, 3.63) is 23.8 Å². The van der Waals surface area contributed by atoms with Crippen molar-refractivity contribution in [2.75, 3.05) is 17.7 Å². The zero-order valence-corrected chi connectivity index (χ0v) is 14.1. The Kier molecular flexibility index (Phi) is 5.22. The molecule has 1 fully saturated rings. The van der Waals surface area contributed by atoms with Gasteiger partial charge >= 0.3 is 12.0 Å². The first kappa shape index (κ1) is 17.3. The van der Waals surface area contributed by atoms with Crippen LogP contribution in [-0.2, 0) is 14.3 Å². The van der Waals surface area contributed by atoms with Crippen LogP contribution in [0.1, 0.15) is 29.6 Å². The second-order valence-corrected chi connectivity index (χ2v) is 6.87. The maximum atomic E-state index is 12.1. The number of amides is 4. The van der Waals surface area contributed by atoms with Gasteiger partial charge in [0, 0.05) is 23.1 Å². The van der Waals surface area contributed by atoms with Crippen LogP contribution < -0.4 is 16.0 Å². The van der Waals surface area contributed by atoms with E-state index < -0.39 is 24.5 Å². The Morgan fingerprint density at radius 3 is 2.84 bits per heavy atom. The summed E-state index contributed by atoms with van der Waals surface area (Å²) in [7, 11) is 0. The van der Waals surface area contributed by atoms with E-state index in [1.54, 1.807) is 12.1 Å². The molecule has 3 N–H and O–H groups in total. The largest absolute Gasteiger partial charge is 0.452 e. The molecule has 0 saturated heterocycles. The molecule has 1 aromatic carbocycles. The molecule has 0 radical (unpaired) electrons. The van der Waals surface area contributed by atoms with Gasteiger partial charge in [0.1, 0.15) is 0 Å². The minimum absolute atomic E-state index is 0.113. The first-order valence-electron chi connectivity index (χ1n) is 7.85. The van der Waals surface area contributed by atoms with E-state index in [4.69, 9.17) is 4.74 Å². The summed E-state index contributed by atoms with van der Waals surface area (Å²) in [6, 6.07) is 4.36. The zero-order chi connectivity index (χ0) is 17.8. The van der Waals surface area contributed by atoms with E-state index in [9.17, 15) is 19.2 Å². The molecular weight excluding hydrogens is 346 g/mol. The van der Waals surface area contributed by atoms with E-state index in [-0.39, 0.29) is 17.5 Å². The van der Waals surface area contributed by atoms with Crippen molar-refractivity contribution in [2.24, 2.45) is 0 Å². The van der Waals surface area contributed by atoms with E-state index >= 15 is 0 Å². The Bertz CT molecular complexity index is 732. The van der Waals surface area contributed by atoms with Crippen LogP contribution in [0, 0.1) is 0 Å². The smallest absolute Gasteiger partial charge is 0.338 e. The highest BCUT2D eigenvalue weighted by Crippen LogP contribution is 2.31. The molecule has 1 aromatic rings. The van der Waals surface area contributed by atoms with Gasteiger partial charge in [0.25, 0.3) is 5.91 Å². The summed E-state index contributed by atoms with van der Waals surface area (Å²) in [5.41, 5.74) is 0.770. The number of hydrogen-bond donors (Lipinski definition) is 3. The molecule has 1 heterocycles. The predicted molar refractivity (Wildman–Crippen MR) is 90.4 cm³/mol. The number of anilines is 1. The van der Waals surface area contributed by atoms with Crippen LogP contribution in [-0.4, -0.2) is 42.2 Å². The first-order valence-corrected chi connectivity index (χ1v) is 8.84. The van der Waals surface area contributed by atoms with Gasteiger partial charge in [0.2, 0.25) is 5.91 Å². The van der Waals surface area contributed by atoms with Crippen LogP contribution in [0.2, 0.25) is 0 Å². The number of carbonyl (C=O) groups excluding carboxylic acids is 4. The molecule has 1 aliphatic carbocycles. The molecule has 4 amide bonds. The molecule has 0 spiro atoms. The van der Waals surface area contributed by atoms with Gasteiger partial charge < -0.3 is 15.4 Å². The van der Waals surface area contributed by atoms with E-state index in [1.807, 2.05) is 0 Å². The summed E-state index contributed by atoms with van der Waals surface area (Å²) in [4.78, 5) is 47.5. The Morgan fingerprint density at radius 2 is 2.08 bits per heavy atom. The zero-order valence-electron chi connectivity index (χ0n) is 13.3. The number of imide groups is 1. The topological polar surface area (TPSA) is 114 Å². The van der Waals surface area contributed by atoms with Gasteiger partial charge in [-0.1, -0.05) is 0 Å². The Morgan fingerprint density at radius 1 is 1.28 bits per heavy atom. The highest BCUT2D eigenvalue weighted by Gasteiger charge is 2.24. The van der Waals surface area contributed by atoms with Crippen LogP contribution in [0.15, 0.2) is 23.1 Å². The molecule has 0 aromatic heterocycles. The number of benzene rings is 1. The number of nitrogens with one attached hydrogen (secondary N) is 3. The molecule has 0 atom stereocenters. The number of esters is 1. The minimum Gasteiger partial charge on any atom is -0.452 e. The predicted octanol–water partition coefficient (Wildman–Crippen LogP) is 1.27. The summed E-state index contributed by atoms with van der Waals surface area (Å²) >= 11 is 1.52. The monoisotopic (exact) mass is 363 g/mol. The minimum atomic E-state index is -0.705. The third-order valence-electron chi connectivity index (χ3n) is 3.58. The molecule has 132 valence electrons. The molecule has 1 saturated carbocycles. The normalized spacial score (nSPS) is 16.1. The third-order valence-corrected chi connectivity index (χ3v) is 4.65. The van der Waals surface area contributed by atoms with E-state index in [2.05, 4.69) is 16.0 Å². The van der Waals surface area contributed by atoms with Crippen LogP contribution in [0.3, 0.4) is 0 Å². The number of carbonyl (C=O) groups is 4. The Hall–Kier alpha value is -2.55. The Labute approximate surface area is 148 Å². The SMILES string of the molecule is O=C(COC(=O)c1ccc2c(c1)NC(=O)CCS2)NC(=O)NC1CC1. The van der Waals surface area contributed by atoms with Crippen molar-refractivity contribution in [3.8, 4) is 0 Å². The maximum absolute atomic E-state index is 12.1. The van der Waals surface area contributed by atoms with Crippen molar-refractivity contribution in [3.63, 3.8) is 0 Å². The fourth-order valence-electron chi connectivity index (χ4n) is 2.17. The quantitative estimate of drug-likeness (QED) is 0.694. The lowest BCUT2D eigenvalue weighted by Crippen LogP contribution is -2.42. The summed E-state index contributed by atoms with van der Waals surface area (Å²) in [6.07, 6.45) is 2.22. The number of fused-ring (bicyclic) bond motifs is 1. The highest BCUT2D eigenvalue weighted by atomic mass is 32.2. The Balaban J connectivity index is 1.53. The van der Waals surface area contributed by atoms with Crippen molar-refractivity contribution in [2.45, 2.75) is 30.2 Å². The number of hydrogen-bond acceptors (Lipinski definition) is 6.